The molecule has 0 spiro atoms. The zero-order chi connectivity index (χ0) is 18.1. The van der Waals surface area contributed by atoms with Crippen molar-refractivity contribution in [3.8, 4) is 0 Å². The smallest absolute Gasteiger partial charge is 0.257 e. The third-order valence-corrected chi connectivity index (χ3v) is 5.09. The molecule has 1 aliphatic rings. The van der Waals surface area contributed by atoms with Gasteiger partial charge in [-0.05, 0) is 47.4 Å². The fourth-order valence-electron chi connectivity index (χ4n) is 3.58. The van der Waals surface area contributed by atoms with E-state index in [4.69, 9.17) is 11.6 Å². The van der Waals surface area contributed by atoms with Gasteiger partial charge >= 0.3 is 0 Å². The molecule has 0 saturated carbocycles. The lowest BCUT2D eigenvalue weighted by molar-refractivity contribution is 0.0690. The van der Waals surface area contributed by atoms with Crippen LogP contribution in [-0.2, 0) is 6.42 Å². The van der Waals surface area contributed by atoms with Crippen molar-refractivity contribution in [3.63, 3.8) is 0 Å². The summed E-state index contributed by atoms with van der Waals surface area (Å²) in [7, 11) is 0. The fourth-order valence-corrected chi connectivity index (χ4v) is 3.71. The van der Waals surface area contributed by atoms with Crippen LogP contribution in [0.4, 0.5) is 4.39 Å². The molecule has 2 nitrogen and oxygen atoms in total. The third-order valence-electron chi connectivity index (χ3n) is 4.83. The summed E-state index contributed by atoms with van der Waals surface area (Å²) in [5, 5.41) is 0.643. The molecular formula is C22H17ClFNO. The lowest BCUT2D eigenvalue weighted by Crippen LogP contribution is -2.41. The molecule has 4 heteroatoms. The average molecular weight is 366 g/mol. The number of carbonyl (C=O) groups is 1. The second-order valence-corrected chi connectivity index (χ2v) is 6.82. The first-order chi connectivity index (χ1) is 12.6. The van der Waals surface area contributed by atoms with Crippen molar-refractivity contribution in [1.29, 1.82) is 0 Å². The van der Waals surface area contributed by atoms with Crippen LogP contribution in [0.5, 0.6) is 0 Å². The molecular weight excluding hydrogens is 349 g/mol. The summed E-state index contributed by atoms with van der Waals surface area (Å²) in [6, 6.07) is 21.5. The van der Waals surface area contributed by atoms with Gasteiger partial charge in [-0.1, -0.05) is 60.1 Å². The van der Waals surface area contributed by atoms with E-state index in [0.29, 0.717) is 11.6 Å². The Hall–Kier alpha value is -2.65. The van der Waals surface area contributed by atoms with Gasteiger partial charge < -0.3 is 4.90 Å². The molecule has 4 rings (SSSR count). The first-order valence-electron chi connectivity index (χ1n) is 8.54. The summed E-state index contributed by atoms with van der Waals surface area (Å²) >= 11 is 6.04. The van der Waals surface area contributed by atoms with Crippen molar-refractivity contribution in [3.05, 3.63) is 106 Å². The van der Waals surface area contributed by atoms with Crippen molar-refractivity contribution in [1.82, 2.24) is 4.90 Å². The van der Waals surface area contributed by atoms with Gasteiger partial charge in [-0.25, -0.2) is 4.39 Å². The van der Waals surface area contributed by atoms with Crippen LogP contribution in [-0.4, -0.2) is 17.4 Å². The molecule has 3 aromatic rings. The fraction of sp³-hybridized carbons (Fsp3) is 0.136. The molecule has 0 N–H and O–H groups in total. The zero-order valence-electron chi connectivity index (χ0n) is 14.0. The van der Waals surface area contributed by atoms with E-state index in [2.05, 4.69) is 6.07 Å². The molecule has 130 valence electrons. The Bertz CT molecular complexity index is 954. The van der Waals surface area contributed by atoms with Gasteiger partial charge in [0.1, 0.15) is 5.82 Å². The highest BCUT2D eigenvalue weighted by molar-refractivity contribution is 6.30. The largest absolute Gasteiger partial charge is 0.327 e. The third kappa shape index (κ3) is 2.99. The Kier molecular flexibility index (Phi) is 4.48. The van der Waals surface area contributed by atoms with Crippen molar-refractivity contribution in [2.75, 3.05) is 6.54 Å². The highest BCUT2D eigenvalue weighted by Gasteiger charge is 2.33. The number of amides is 1. The van der Waals surface area contributed by atoms with Gasteiger partial charge in [-0.2, -0.15) is 0 Å². The predicted molar refractivity (Wildman–Crippen MR) is 101 cm³/mol. The maximum Gasteiger partial charge on any atom is 0.257 e. The summed E-state index contributed by atoms with van der Waals surface area (Å²) in [6.45, 7) is 0.539. The van der Waals surface area contributed by atoms with Crippen molar-refractivity contribution in [2.45, 2.75) is 12.5 Å². The standard InChI is InChI=1S/C22H17ClFNO/c23-17-11-9-16(10-12-17)21-18-6-2-1-5-15(18)13-14-25(21)22(26)19-7-3-4-8-20(19)24/h1-12,21H,13-14H2/t21-/m0/s1. The average Bonchev–Trinajstić information content (AvgIpc) is 2.68. The molecule has 0 unspecified atom stereocenters. The number of rotatable bonds is 2. The van der Waals surface area contributed by atoms with E-state index < -0.39 is 5.82 Å². The van der Waals surface area contributed by atoms with Crippen molar-refractivity contribution < 1.29 is 9.18 Å². The maximum absolute atomic E-state index is 14.2. The minimum atomic E-state index is -0.494. The van der Waals surface area contributed by atoms with Crippen LogP contribution in [0, 0.1) is 5.82 Å². The van der Waals surface area contributed by atoms with E-state index in [9.17, 15) is 9.18 Å². The van der Waals surface area contributed by atoms with Gasteiger partial charge in [0.15, 0.2) is 0 Å². The van der Waals surface area contributed by atoms with E-state index >= 15 is 0 Å². The van der Waals surface area contributed by atoms with Crippen LogP contribution in [0.2, 0.25) is 5.02 Å². The molecule has 0 radical (unpaired) electrons. The summed E-state index contributed by atoms with van der Waals surface area (Å²) in [5.41, 5.74) is 3.35. The molecule has 0 fully saturated rings. The Balaban J connectivity index is 1.82. The van der Waals surface area contributed by atoms with Gasteiger partial charge in [-0.3, -0.25) is 4.79 Å². The second kappa shape index (κ2) is 6.93. The molecule has 1 aliphatic heterocycles. The number of nitrogens with zero attached hydrogens (tertiary/aromatic N) is 1. The van der Waals surface area contributed by atoms with Crippen molar-refractivity contribution >= 4 is 17.5 Å². The lowest BCUT2D eigenvalue weighted by atomic mass is 9.87. The van der Waals surface area contributed by atoms with Gasteiger partial charge in [0, 0.05) is 11.6 Å². The van der Waals surface area contributed by atoms with Crippen molar-refractivity contribution in [2.24, 2.45) is 0 Å². The van der Waals surface area contributed by atoms with Gasteiger partial charge in [-0.15, -0.1) is 0 Å². The van der Waals surface area contributed by atoms with Gasteiger partial charge in [0.05, 0.1) is 11.6 Å². The number of halogens is 2. The van der Waals surface area contributed by atoms with Gasteiger partial charge in [0.2, 0.25) is 0 Å². The first-order valence-corrected chi connectivity index (χ1v) is 8.92. The summed E-state index contributed by atoms with van der Waals surface area (Å²) in [4.78, 5) is 14.9. The molecule has 1 amide bonds. The monoisotopic (exact) mass is 365 g/mol. The normalized spacial score (nSPS) is 16.2. The highest BCUT2D eigenvalue weighted by atomic mass is 35.5. The van der Waals surface area contributed by atoms with Crippen LogP contribution in [0.1, 0.15) is 33.1 Å². The second-order valence-electron chi connectivity index (χ2n) is 6.38. The lowest BCUT2D eigenvalue weighted by Gasteiger charge is -2.38. The summed E-state index contributed by atoms with van der Waals surface area (Å²) in [6.07, 6.45) is 0.750. The molecule has 1 atom stereocenters. The van der Waals surface area contributed by atoms with E-state index in [1.54, 1.807) is 17.0 Å². The number of carbonyl (C=O) groups excluding carboxylic acids is 1. The maximum atomic E-state index is 14.2. The SMILES string of the molecule is O=C(c1ccccc1F)N1CCc2ccccc2[C@@H]1c1ccc(Cl)cc1. The van der Waals surface area contributed by atoms with Crippen LogP contribution >= 0.6 is 11.6 Å². The van der Waals surface area contributed by atoms with Crippen LogP contribution < -0.4 is 0 Å². The number of fused-ring (bicyclic) bond motifs is 1. The van der Waals surface area contributed by atoms with Crippen LogP contribution in [0.15, 0.2) is 72.8 Å². The predicted octanol–water partition coefficient (Wildman–Crippen LogP) is 5.27. The summed E-state index contributed by atoms with van der Waals surface area (Å²) < 4.78 is 14.2. The van der Waals surface area contributed by atoms with E-state index in [1.807, 2.05) is 42.5 Å². The zero-order valence-corrected chi connectivity index (χ0v) is 14.8. The minimum absolute atomic E-state index is 0.103. The minimum Gasteiger partial charge on any atom is -0.327 e. The number of benzene rings is 3. The van der Waals surface area contributed by atoms with E-state index in [0.717, 1.165) is 17.5 Å². The molecule has 0 bridgehead atoms. The molecule has 26 heavy (non-hydrogen) atoms. The molecule has 1 heterocycles. The Labute approximate surface area is 156 Å². The Morgan fingerprint density at radius 2 is 1.65 bits per heavy atom. The van der Waals surface area contributed by atoms with Crippen LogP contribution in [0.3, 0.4) is 0 Å². The quantitative estimate of drug-likeness (QED) is 0.606. The first kappa shape index (κ1) is 16.8. The topological polar surface area (TPSA) is 20.3 Å². The molecule has 0 saturated heterocycles. The van der Waals surface area contributed by atoms with Gasteiger partial charge in [0.25, 0.3) is 5.91 Å². The molecule has 0 aromatic heterocycles. The van der Waals surface area contributed by atoms with E-state index in [1.165, 1.54) is 17.7 Å². The molecule has 0 aliphatic carbocycles. The molecule has 3 aromatic carbocycles. The van der Waals surface area contributed by atoms with Crippen LogP contribution in [0.25, 0.3) is 0 Å². The number of hydrogen-bond acceptors (Lipinski definition) is 1. The summed E-state index contributed by atoms with van der Waals surface area (Å²) in [5.74, 6) is -0.788. The highest BCUT2D eigenvalue weighted by Crippen LogP contribution is 2.36. The number of hydrogen-bond donors (Lipinski definition) is 0. The Morgan fingerprint density at radius 3 is 2.42 bits per heavy atom. The Morgan fingerprint density at radius 1 is 0.962 bits per heavy atom. The van der Waals surface area contributed by atoms with E-state index in [-0.39, 0.29) is 17.5 Å².